The summed E-state index contributed by atoms with van der Waals surface area (Å²) < 4.78 is 1.90. The van der Waals surface area contributed by atoms with Crippen molar-refractivity contribution >= 4 is 17.2 Å². The highest BCUT2D eigenvalue weighted by atomic mass is 32.1. The fraction of sp³-hybridized carbons (Fsp3) is 0.500. The van der Waals surface area contributed by atoms with Crippen molar-refractivity contribution in [3.8, 4) is 0 Å². The van der Waals surface area contributed by atoms with E-state index in [2.05, 4.69) is 17.0 Å². The first-order valence-electron chi connectivity index (χ1n) is 7.01. The van der Waals surface area contributed by atoms with Gasteiger partial charge in [0, 0.05) is 18.9 Å². The van der Waals surface area contributed by atoms with Gasteiger partial charge in [-0.3, -0.25) is 9.48 Å². The van der Waals surface area contributed by atoms with Gasteiger partial charge in [-0.1, -0.05) is 6.92 Å². The molecule has 1 fully saturated rings. The molecule has 106 valence electrons. The largest absolute Gasteiger partial charge is 0.333 e. The average Bonchev–Trinajstić information content (AvgIpc) is 3.20. The SMILES string of the molecule is CCc1ncc(C(=O)N2CCC[C@H]2Cn2cccn2)s1. The Labute approximate surface area is 122 Å². The molecule has 3 rings (SSSR count). The highest BCUT2D eigenvalue weighted by Gasteiger charge is 2.30. The summed E-state index contributed by atoms with van der Waals surface area (Å²) in [6, 6.07) is 2.16. The van der Waals surface area contributed by atoms with Gasteiger partial charge in [-0.05, 0) is 25.3 Å². The van der Waals surface area contributed by atoms with Crippen molar-refractivity contribution in [2.45, 2.75) is 38.8 Å². The number of hydrogen-bond donors (Lipinski definition) is 0. The number of aryl methyl sites for hydroxylation is 1. The highest BCUT2D eigenvalue weighted by Crippen LogP contribution is 2.24. The van der Waals surface area contributed by atoms with Crippen LogP contribution in [-0.4, -0.2) is 38.2 Å². The molecule has 1 atom stereocenters. The van der Waals surface area contributed by atoms with E-state index in [1.165, 1.54) is 11.3 Å². The van der Waals surface area contributed by atoms with Crippen LogP contribution in [0.4, 0.5) is 0 Å². The minimum absolute atomic E-state index is 0.122. The average molecular weight is 290 g/mol. The number of aromatic nitrogens is 3. The van der Waals surface area contributed by atoms with Crippen molar-refractivity contribution in [1.82, 2.24) is 19.7 Å². The predicted octanol–water partition coefficient (Wildman–Crippen LogP) is 2.21. The first-order valence-corrected chi connectivity index (χ1v) is 7.82. The van der Waals surface area contributed by atoms with Crippen LogP contribution in [0.15, 0.2) is 24.7 Å². The van der Waals surface area contributed by atoms with E-state index in [-0.39, 0.29) is 11.9 Å². The zero-order valence-corrected chi connectivity index (χ0v) is 12.3. The lowest BCUT2D eigenvalue weighted by Gasteiger charge is -2.24. The molecule has 0 spiro atoms. The molecule has 0 radical (unpaired) electrons. The van der Waals surface area contributed by atoms with Gasteiger partial charge in [0.05, 0.1) is 23.8 Å². The lowest BCUT2D eigenvalue weighted by atomic mass is 10.2. The smallest absolute Gasteiger partial charge is 0.265 e. The van der Waals surface area contributed by atoms with Crippen LogP contribution in [-0.2, 0) is 13.0 Å². The lowest BCUT2D eigenvalue weighted by molar-refractivity contribution is 0.0726. The maximum Gasteiger partial charge on any atom is 0.265 e. The first-order chi connectivity index (χ1) is 9.78. The minimum atomic E-state index is 0.122. The zero-order chi connectivity index (χ0) is 13.9. The Balaban J connectivity index is 1.72. The summed E-state index contributed by atoms with van der Waals surface area (Å²) in [7, 11) is 0. The van der Waals surface area contributed by atoms with Crippen LogP contribution in [0.3, 0.4) is 0 Å². The Hall–Kier alpha value is -1.69. The molecular weight excluding hydrogens is 272 g/mol. The molecule has 1 aliphatic rings. The minimum Gasteiger partial charge on any atom is -0.333 e. The van der Waals surface area contributed by atoms with Gasteiger partial charge in [-0.2, -0.15) is 5.10 Å². The number of thiazole rings is 1. The zero-order valence-electron chi connectivity index (χ0n) is 11.5. The van der Waals surface area contributed by atoms with Crippen molar-refractivity contribution in [3.63, 3.8) is 0 Å². The monoisotopic (exact) mass is 290 g/mol. The Morgan fingerprint density at radius 3 is 3.15 bits per heavy atom. The maximum absolute atomic E-state index is 12.6. The molecule has 0 saturated carbocycles. The predicted molar refractivity (Wildman–Crippen MR) is 77.8 cm³/mol. The van der Waals surface area contributed by atoms with Crippen LogP contribution in [0.25, 0.3) is 0 Å². The third-order valence-corrected chi connectivity index (χ3v) is 4.79. The van der Waals surface area contributed by atoms with Gasteiger partial charge in [0.2, 0.25) is 0 Å². The van der Waals surface area contributed by atoms with E-state index in [0.717, 1.165) is 42.2 Å². The van der Waals surface area contributed by atoms with Crippen LogP contribution in [0, 0.1) is 0 Å². The van der Waals surface area contributed by atoms with E-state index < -0.39 is 0 Å². The summed E-state index contributed by atoms with van der Waals surface area (Å²) in [5.41, 5.74) is 0. The summed E-state index contributed by atoms with van der Waals surface area (Å²) in [6.45, 7) is 3.67. The van der Waals surface area contributed by atoms with Crippen LogP contribution in [0.2, 0.25) is 0 Å². The van der Waals surface area contributed by atoms with Crippen molar-refractivity contribution in [2.24, 2.45) is 0 Å². The quantitative estimate of drug-likeness (QED) is 0.867. The van der Waals surface area contributed by atoms with E-state index in [9.17, 15) is 4.79 Å². The molecule has 0 aromatic carbocycles. The standard InChI is InChI=1S/C14H18N4OS/c1-2-13-15-9-12(20-13)14(19)18-8-3-5-11(18)10-17-7-4-6-16-17/h4,6-7,9,11H,2-3,5,8,10H2,1H3/t11-/m0/s1. The van der Waals surface area contributed by atoms with Crippen molar-refractivity contribution < 1.29 is 4.79 Å². The summed E-state index contributed by atoms with van der Waals surface area (Å²) in [4.78, 5) is 19.6. The Morgan fingerprint density at radius 2 is 2.45 bits per heavy atom. The Morgan fingerprint density at radius 1 is 1.55 bits per heavy atom. The second kappa shape index (κ2) is 5.75. The van der Waals surface area contributed by atoms with Gasteiger partial charge < -0.3 is 4.90 Å². The lowest BCUT2D eigenvalue weighted by Crippen LogP contribution is -2.37. The van der Waals surface area contributed by atoms with Gasteiger partial charge in [-0.25, -0.2) is 4.98 Å². The highest BCUT2D eigenvalue weighted by molar-refractivity contribution is 7.13. The Kier molecular flexibility index (Phi) is 3.82. The summed E-state index contributed by atoms with van der Waals surface area (Å²) in [5.74, 6) is 0.122. The van der Waals surface area contributed by atoms with Crippen molar-refractivity contribution in [1.29, 1.82) is 0 Å². The molecule has 1 saturated heterocycles. The number of rotatable bonds is 4. The fourth-order valence-electron chi connectivity index (χ4n) is 2.63. The molecular formula is C14H18N4OS. The van der Waals surface area contributed by atoms with Crippen molar-refractivity contribution in [2.75, 3.05) is 6.54 Å². The second-order valence-electron chi connectivity index (χ2n) is 4.99. The van der Waals surface area contributed by atoms with Gasteiger partial charge in [0.15, 0.2) is 0 Å². The van der Waals surface area contributed by atoms with E-state index in [1.807, 2.05) is 21.8 Å². The van der Waals surface area contributed by atoms with Crippen LogP contribution in [0.1, 0.15) is 34.4 Å². The van der Waals surface area contributed by atoms with Crippen LogP contribution >= 0.6 is 11.3 Å². The maximum atomic E-state index is 12.6. The molecule has 5 nitrogen and oxygen atoms in total. The van der Waals surface area contributed by atoms with Crippen molar-refractivity contribution in [3.05, 3.63) is 34.5 Å². The number of carbonyl (C=O) groups excluding carboxylic acids is 1. The van der Waals surface area contributed by atoms with Gasteiger partial charge in [0.1, 0.15) is 4.88 Å². The number of nitrogens with zero attached hydrogens (tertiary/aromatic N) is 4. The number of amides is 1. The van der Waals surface area contributed by atoms with Gasteiger partial charge in [0.25, 0.3) is 5.91 Å². The van der Waals surface area contributed by atoms with E-state index >= 15 is 0 Å². The van der Waals surface area contributed by atoms with Crippen LogP contribution in [0.5, 0.6) is 0 Å². The van der Waals surface area contributed by atoms with Crippen LogP contribution < -0.4 is 0 Å². The molecule has 0 aliphatic carbocycles. The normalized spacial score (nSPS) is 18.6. The summed E-state index contributed by atoms with van der Waals surface area (Å²) >= 11 is 1.51. The molecule has 2 aromatic heterocycles. The summed E-state index contributed by atoms with van der Waals surface area (Å²) in [6.07, 6.45) is 8.44. The molecule has 3 heterocycles. The molecule has 0 unspecified atom stereocenters. The molecule has 2 aromatic rings. The molecule has 1 amide bonds. The fourth-order valence-corrected chi connectivity index (χ4v) is 3.44. The molecule has 0 N–H and O–H groups in total. The Bertz CT molecular complexity index is 578. The third kappa shape index (κ3) is 2.60. The molecule has 1 aliphatic heterocycles. The number of likely N-dealkylation sites (tertiary alicyclic amines) is 1. The van der Waals surface area contributed by atoms with Gasteiger partial charge in [-0.15, -0.1) is 11.3 Å². The topological polar surface area (TPSA) is 51.0 Å². The second-order valence-corrected chi connectivity index (χ2v) is 6.11. The first kappa shape index (κ1) is 13.3. The number of carbonyl (C=O) groups is 1. The molecule has 0 bridgehead atoms. The van der Waals surface area contributed by atoms with E-state index in [0.29, 0.717) is 0 Å². The molecule has 6 heteroatoms. The number of hydrogen-bond acceptors (Lipinski definition) is 4. The van der Waals surface area contributed by atoms with E-state index in [4.69, 9.17) is 0 Å². The van der Waals surface area contributed by atoms with Gasteiger partial charge >= 0.3 is 0 Å². The summed E-state index contributed by atoms with van der Waals surface area (Å²) in [5, 5.41) is 5.26. The molecule has 20 heavy (non-hydrogen) atoms. The van der Waals surface area contributed by atoms with E-state index in [1.54, 1.807) is 12.4 Å². The third-order valence-electron chi connectivity index (χ3n) is 3.66.